The van der Waals surface area contributed by atoms with Gasteiger partial charge in [0.25, 0.3) is 0 Å². The minimum absolute atomic E-state index is 1.18. The first-order valence-electron chi connectivity index (χ1n) is 19.3. The summed E-state index contributed by atoms with van der Waals surface area (Å²) in [4.78, 5) is 0. The molecule has 0 fully saturated rings. The molecule has 264 valence electrons. The van der Waals surface area contributed by atoms with Gasteiger partial charge in [-0.1, -0.05) is 224 Å². The molecule has 0 radical (unpaired) electrons. The molecule has 0 spiro atoms. The van der Waals surface area contributed by atoms with Gasteiger partial charge in [0.15, 0.2) is 0 Å². The molecular weight excluding hydrogens is 673 g/mol. The van der Waals surface area contributed by atoms with Crippen LogP contribution in [0.1, 0.15) is 22.3 Å². The monoisotopic (exact) mass is 712 g/mol. The van der Waals surface area contributed by atoms with E-state index >= 15 is 0 Å². The van der Waals surface area contributed by atoms with E-state index in [0.717, 1.165) is 0 Å². The second-order valence-corrected chi connectivity index (χ2v) is 14.1. The molecule has 0 nitrogen and oxygen atoms in total. The van der Waals surface area contributed by atoms with Gasteiger partial charge in [0.05, 0.1) is 0 Å². The minimum atomic E-state index is 1.18. The molecule has 0 saturated heterocycles. The molecule has 0 aliphatic rings. The van der Waals surface area contributed by atoms with E-state index in [2.05, 4.69) is 243 Å². The van der Waals surface area contributed by atoms with Gasteiger partial charge in [0, 0.05) is 0 Å². The van der Waals surface area contributed by atoms with Gasteiger partial charge in [0.2, 0.25) is 0 Å². The highest BCUT2D eigenvalue weighted by Gasteiger charge is 2.18. The molecule has 0 aromatic heterocycles. The Morgan fingerprint density at radius 2 is 0.500 bits per heavy atom. The predicted octanol–water partition coefficient (Wildman–Crippen LogP) is 15.0. The molecule has 0 heteroatoms. The number of rotatable bonds is 9. The Morgan fingerprint density at radius 3 is 1.00 bits per heavy atom. The Labute approximate surface area is 330 Å². The van der Waals surface area contributed by atoms with Crippen molar-refractivity contribution >= 4 is 11.1 Å². The predicted molar refractivity (Wildman–Crippen MR) is 238 cm³/mol. The fourth-order valence-corrected chi connectivity index (χ4v) is 7.89. The lowest BCUT2D eigenvalue weighted by molar-refractivity contribution is 1.50. The molecule has 0 unspecified atom stereocenters. The van der Waals surface area contributed by atoms with Crippen molar-refractivity contribution in [1.29, 1.82) is 0 Å². The van der Waals surface area contributed by atoms with E-state index in [0.29, 0.717) is 0 Å². The second-order valence-electron chi connectivity index (χ2n) is 14.1. The summed E-state index contributed by atoms with van der Waals surface area (Å²) < 4.78 is 0. The normalized spacial score (nSPS) is 10.9. The van der Waals surface area contributed by atoms with Crippen LogP contribution in [0.3, 0.4) is 0 Å². The molecular formula is C56H40. The van der Waals surface area contributed by atoms with Crippen LogP contribution in [0.25, 0.3) is 66.8 Å². The summed E-state index contributed by atoms with van der Waals surface area (Å²) in [5, 5.41) is 0. The summed E-state index contributed by atoms with van der Waals surface area (Å²) in [6.07, 6.45) is 0. The first-order valence-corrected chi connectivity index (χ1v) is 19.3. The van der Waals surface area contributed by atoms with Crippen LogP contribution in [0.2, 0.25) is 0 Å². The lowest BCUT2D eigenvalue weighted by Gasteiger charge is -2.19. The van der Waals surface area contributed by atoms with Crippen LogP contribution in [0, 0.1) is 0 Å². The van der Waals surface area contributed by atoms with Crippen LogP contribution in [0.15, 0.2) is 243 Å². The first-order chi connectivity index (χ1) is 27.8. The maximum atomic E-state index is 2.35. The highest BCUT2D eigenvalue weighted by Crippen LogP contribution is 2.42. The minimum Gasteiger partial charge on any atom is -0.0622 e. The Balaban J connectivity index is 1.15. The quantitative estimate of drug-likeness (QED) is 0.131. The van der Waals surface area contributed by atoms with Crippen LogP contribution >= 0.6 is 0 Å². The second kappa shape index (κ2) is 16.0. The van der Waals surface area contributed by atoms with E-state index in [4.69, 9.17) is 0 Å². The molecule has 56 heavy (non-hydrogen) atoms. The Hall–Kier alpha value is -7.28. The molecule has 0 saturated carbocycles. The maximum absolute atomic E-state index is 2.35. The zero-order valence-electron chi connectivity index (χ0n) is 31.1. The van der Waals surface area contributed by atoms with Crippen molar-refractivity contribution < 1.29 is 0 Å². The van der Waals surface area contributed by atoms with Crippen LogP contribution in [0.5, 0.6) is 0 Å². The van der Waals surface area contributed by atoms with Gasteiger partial charge in [-0.05, 0) is 107 Å². The number of hydrogen-bond donors (Lipinski definition) is 0. The van der Waals surface area contributed by atoms with E-state index in [1.165, 1.54) is 89.0 Å². The van der Waals surface area contributed by atoms with E-state index in [1.54, 1.807) is 0 Å². The molecule has 0 heterocycles. The maximum Gasteiger partial charge on any atom is -0.00266 e. The van der Waals surface area contributed by atoms with Crippen molar-refractivity contribution in [3.63, 3.8) is 0 Å². The summed E-state index contributed by atoms with van der Waals surface area (Å²) in [6, 6.07) is 87.5. The zero-order chi connectivity index (χ0) is 37.5. The Kier molecular flexibility index (Phi) is 9.84. The van der Waals surface area contributed by atoms with Crippen LogP contribution in [0.4, 0.5) is 0 Å². The molecule has 0 aliphatic heterocycles. The molecule has 0 bridgehead atoms. The largest absolute Gasteiger partial charge is 0.0622 e. The van der Waals surface area contributed by atoms with Gasteiger partial charge in [-0.15, -0.1) is 0 Å². The standard InChI is InChI=1S/C56H40/c1-6-20-41(21-7-1)52-36-19-37-53(56(52)45-28-14-5-15-29-45)50-34-17-32-48(39-50)46-30-16-31-47(38-46)49-33-18-35-51(40-49)55(44-26-12-4-13-27-44)54(42-22-8-2-9-23-42)43-24-10-3-11-25-43/h1-40H. The SMILES string of the molecule is c1ccc(C(=C(c2ccccc2)c2cccc(-c3cccc(-c4cccc(-c5cccc(-c6ccccc6)c5-c5ccccc5)c4)c3)c2)c2ccccc2)cc1. The number of hydrogen-bond acceptors (Lipinski definition) is 0. The van der Waals surface area contributed by atoms with Crippen molar-refractivity contribution in [3.8, 4) is 55.6 Å². The van der Waals surface area contributed by atoms with Gasteiger partial charge in [0.1, 0.15) is 0 Å². The van der Waals surface area contributed by atoms with Gasteiger partial charge in [-0.25, -0.2) is 0 Å². The molecule has 9 aromatic rings. The van der Waals surface area contributed by atoms with Crippen molar-refractivity contribution in [3.05, 3.63) is 265 Å². The molecule has 0 N–H and O–H groups in total. The molecule has 9 aromatic carbocycles. The van der Waals surface area contributed by atoms with Crippen LogP contribution < -0.4 is 0 Å². The molecule has 0 aliphatic carbocycles. The van der Waals surface area contributed by atoms with Crippen molar-refractivity contribution in [2.45, 2.75) is 0 Å². The highest BCUT2D eigenvalue weighted by molar-refractivity contribution is 6.05. The zero-order valence-corrected chi connectivity index (χ0v) is 31.1. The van der Waals surface area contributed by atoms with Crippen molar-refractivity contribution in [2.24, 2.45) is 0 Å². The van der Waals surface area contributed by atoms with Gasteiger partial charge in [-0.3, -0.25) is 0 Å². The van der Waals surface area contributed by atoms with Crippen molar-refractivity contribution in [2.75, 3.05) is 0 Å². The third kappa shape index (κ3) is 7.17. The van der Waals surface area contributed by atoms with E-state index in [-0.39, 0.29) is 0 Å². The fraction of sp³-hybridized carbons (Fsp3) is 0. The molecule has 9 rings (SSSR count). The Bertz CT molecular complexity index is 2700. The lowest BCUT2D eigenvalue weighted by atomic mass is 9.85. The van der Waals surface area contributed by atoms with Gasteiger partial charge < -0.3 is 0 Å². The summed E-state index contributed by atoms with van der Waals surface area (Å²) in [7, 11) is 0. The van der Waals surface area contributed by atoms with E-state index in [1.807, 2.05) is 0 Å². The first kappa shape index (κ1) is 34.5. The third-order valence-corrected chi connectivity index (χ3v) is 10.5. The average Bonchev–Trinajstić information content (AvgIpc) is 3.29. The lowest BCUT2D eigenvalue weighted by Crippen LogP contribution is -1.97. The van der Waals surface area contributed by atoms with Crippen molar-refractivity contribution in [1.82, 2.24) is 0 Å². The van der Waals surface area contributed by atoms with Crippen LogP contribution in [-0.2, 0) is 0 Å². The summed E-state index contributed by atoms with van der Waals surface area (Å²) in [6.45, 7) is 0. The van der Waals surface area contributed by atoms with E-state index < -0.39 is 0 Å². The summed E-state index contributed by atoms with van der Waals surface area (Å²) in [5.41, 5.74) is 19.2. The summed E-state index contributed by atoms with van der Waals surface area (Å²) >= 11 is 0. The molecule has 0 atom stereocenters. The fourth-order valence-electron chi connectivity index (χ4n) is 7.89. The molecule has 0 amide bonds. The van der Waals surface area contributed by atoms with E-state index in [9.17, 15) is 0 Å². The average molecular weight is 713 g/mol. The highest BCUT2D eigenvalue weighted by atomic mass is 14.2. The third-order valence-electron chi connectivity index (χ3n) is 10.5. The topological polar surface area (TPSA) is 0 Å². The smallest absolute Gasteiger partial charge is 0.00266 e. The van der Waals surface area contributed by atoms with Gasteiger partial charge in [-0.2, -0.15) is 0 Å². The van der Waals surface area contributed by atoms with Crippen LogP contribution in [-0.4, -0.2) is 0 Å². The van der Waals surface area contributed by atoms with Gasteiger partial charge >= 0.3 is 0 Å². The Morgan fingerprint density at radius 1 is 0.196 bits per heavy atom. The number of benzene rings is 9. The summed E-state index contributed by atoms with van der Waals surface area (Å²) in [5.74, 6) is 0.